The normalized spacial score (nSPS) is 11.0. The van der Waals surface area contributed by atoms with Gasteiger partial charge in [-0.25, -0.2) is 9.59 Å². The number of aromatic carboxylic acids is 1. The third-order valence-electron chi connectivity index (χ3n) is 3.69. The second-order valence-corrected chi connectivity index (χ2v) is 6.20. The Morgan fingerprint density at radius 1 is 1.22 bits per heavy atom. The SMILES string of the molecule is Cn1c(=O)n(CCc2ccccc2)c(=O)c2cc(C(=O)O)sc21. The van der Waals surface area contributed by atoms with E-state index in [4.69, 9.17) is 5.11 Å². The van der Waals surface area contributed by atoms with Gasteiger partial charge in [0.1, 0.15) is 9.71 Å². The van der Waals surface area contributed by atoms with Gasteiger partial charge in [0.2, 0.25) is 0 Å². The van der Waals surface area contributed by atoms with Gasteiger partial charge in [0.15, 0.2) is 0 Å². The number of hydrogen-bond donors (Lipinski definition) is 1. The maximum Gasteiger partial charge on any atom is 0.345 e. The fourth-order valence-corrected chi connectivity index (χ4v) is 3.42. The number of carboxylic acids is 1. The number of thiophene rings is 1. The van der Waals surface area contributed by atoms with Crippen LogP contribution in [-0.4, -0.2) is 20.2 Å². The van der Waals surface area contributed by atoms with Gasteiger partial charge in [0.05, 0.1) is 5.39 Å². The van der Waals surface area contributed by atoms with Gasteiger partial charge in [0, 0.05) is 13.6 Å². The Labute approximate surface area is 134 Å². The van der Waals surface area contributed by atoms with Crippen molar-refractivity contribution >= 4 is 27.5 Å². The highest BCUT2D eigenvalue weighted by Crippen LogP contribution is 2.21. The predicted molar refractivity (Wildman–Crippen MR) is 88.4 cm³/mol. The van der Waals surface area contributed by atoms with Gasteiger partial charge < -0.3 is 5.11 Å². The summed E-state index contributed by atoms with van der Waals surface area (Å²) < 4.78 is 2.49. The summed E-state index contributed by atoms with van der Waals surface area (Å²) in [5, 5.41) is 9.34. The smallest absolute Gasteiger partial charge is 0.345 e. The molecule has 1 aromatic carbocycles. The summed E-state index contributed by atoms with van der Waals surface area (Å²) >= 11 is 0.934. The third-order valence-corrected chi connectivity index (χ3v) is 4.89. The van der Waals surface area contributed by atoms with E-state index in [2.05, 4.69) is 0 Å². The first kappa shape index (κ1) is 15.2. The Morgan fingerprint density at radius 3 is 2.57 bits per heavy atom. The van der Waals surface area contributed by atoms with E-state index in [0.717, 1.165) is 21.5 Å². The zero-order valence-corrected chi connectivity index (χ0v) is 13.2. The van der Waals surface area contributed by atoms with Gasteiger partial charge in [-0.1, -0.05) is 30.3 Å². The highest BCUT2D eigenvalue weighted by atomic mass is 32.1. The molecule has 3 rings (SSSR count). The third kappa shape index (κ3) is 2.70. The minimum Gasteiger partial charge on any atom is -0.477 e. The number of carbonyl (C=O) groups is 1. The van der Waals surface area contributed by atoms with Crippen molar-refractivity contribution in [3.63, 3.8) is 0 Å². The molecule has 0 bridgehead atoms. The highest BCUT2D eigenvalue weighted by molar-refractivity contribution is 7.20. The number of nitrogens with zero attached hydrogens (tertiary/aromatic N) is 2. The maximum absolute atomic E-state index is 12.5. The van der Waals surface area contributed by atoms with Crippen LogP contribution in [0.2, 0.25) is 0 Å². The summed E-state index contributed by atoms with van der Waals surface area (Å²) in [4.78, 5) is 36.4. The molecule has 0 spiro atoms. The molecular weight excluding hydrogens is 316 g/mol. The Hall–Kier alpha value is -2.67. The van der Waals surface area contributed by atoms with Crippen LogP contribution < -0.4 is 11.2 Å². The van der Waals surface area contributed by atoms with E-state index >= 15 is 0 Å². The molecule has 7 heteroatoms. The van der Waals surface area contributed by atoms with Crippen LogP contribution in [0.1, 0.15) is 15.2 Å². The molecule has 0 unspecified atom stereocenters. The van der Waals surface area contributed by atoms with Crippen LogP contribution in [0, 0.1) is 0 Å². The van der Waals surface area contributed by atoms with Gasteiger partial charge in [-0.05, 0) is 18.1 Å². The van der Waals surface area contributed by atoms with E-state index in [1.165, 1.54) is 10.6 Å². The highest BCUT2D eigenvalue weighted by Gasteiger charge is 2.17. The predicted octanol–water partition coefficient (Wildman–Crippen LogP) is 1.70. The van der Waals surface area contributed by atoms with Crippen molar-refractivity contribution in [2.45, 2.75) is 13.0 Å². The lowest BCUT2D eigenvalue weighted by Gasteiger charge is -2.08. The zero-order chi connectivity index (χ0) is 16.6. The van der Waals surface area contributed by atoms with Crippen molar-refractivity contribution in [1.29, 1.82) is 0 Å². The molecule has 3 aromatic rings. The first-order chi connectivity index (χ1) is 11.0. The lowest BCUT2D eigenvalue weighted by molar-refractivity contribution is 0.0702. The number of benzene rings is 1. The van der Waals surface area contributed by atoms with Crippen LogP contribution >= 0.6 is 11.3 Å². The molecule has 0 atom stereocenters. The molecule has 2 heterocycles. The minimum absolute atomic E-state index is 0.0490. The van der Waals surface area contributed by atoms with E-state index in [9.17, 15) is 14.4 Å². The second kappa shape index (κ2) is 5.85. The van der Waals surface area contributed by atoms with Crippen LogP contribution in [0.25, 0.3) is 10.2 Å². The fourth-order valence-electron chi connectivity index (χ4n) is 2.47. The Kier molecular flexibility index (Phi) is 3.87. The van der Waals surface area contributed by atoms with Gasteiger partial charge in [-0.15, -0.1) is 11.3 Å². The van der Waals surface area contributed by atoms with E-state index < -0.39 is 17.2 Å². The van der Waals surface area contributed by atoms with Crippen molar-refractivity contribution in [3.8, 4) is 0 Å². The lowest BCUT2D eigenvalue weighted by Crippen LogP contribution is -2.39. The molecule has 2 aromatic heterocycles. The standard InChI is InChI=1S/C16H14N2O4S/c1-17-14-11(9-12(23-14)15(20)21)13(19)18(16(17)22)8-7-10-5-3-2-4-6-10/h2-6,9H,7-8H2,1H3,(H,20,21). The molecule has 0 saturated heterocycles. The molecular formula is C16H14N2O4S. The number of aromatic nitrogens is 2. The average molecular weight is 330 g/mol. The van der Waals surface area contributed by atoms with Crippen LogP contribution in [-0.2, 0) is 20.0 Å². The van der Waals surface area contributed by atoms with E-state index in [-0.39, 0.29) is 16.8 Å². The second-order valence-electron chi connectivity index (χ2n) is 5.17. The summed E-state index contributed by atoms with van der Waals surface area (Å²) in [6.45, 7) is 0.254. The van der Waals surface area contributed by atoms with Crippen molar-refractivity contribution in [1.82, 2.24) is 9.13 Å². The van der Waals surface area contributed by atoms with E-state index in [1.54, 1.807) is 7.05 Å². The molecule has 0 fully saturated rings. The van der Waals surface area contributed by atoms with Crippen LogP contribution in [0.5, 0.6) is 0 Å². The number of carboxylic acid groups (broad SMARTS) is 1. The molecule has 0 radical (unpaired) electrons. The Morgan fingerprint density at radius 2 is 1.91 bits per heavy atom. The van der Waals surface area contributed by atoms with Crippen molar-refractivity contribution in [2.75, 3.05) is 0 Å². The molecule has 6 nitrogen and oxygen atoms in total. The monoisotopic (exact) mass is 330 g/mol. The first-order valence-corrected chi connectivity index (χ1v) is 7.81. The van der Waals surface area contributed by atoms with Crippen molar-refractivity contribution in [3.05, 3.63) is 67.7 Å². The minimum atomic E-state index is -1.10. The Bertz CT molecular complexity index is 999. The quantitative estimate of drug-likeness (QED) is 0.789. The molecule has 0 aliphatic carbocycles. The van der Waals surface area contributed by atoms with Crippen LogP contribution in [0.3, 0.4) is 0 Å². The molecule has 0 aliphatic rings. The van der Waals surface area contributed by atoms with Gasteiger partial charge in [0.25, 0.3) is 5.56 Å². The summed E-state index contributed by atoms with van der Waals surface area (Å²) in [6.07, 6.45) is 0.553. The molecule has 23 heavy (non-hydrogen) atoms. The molecule has 0 amide bonds. The van der Waals surface area contributed by atoms with Gasteiger partial charge >= 0.3 is 11.7 Å². The Balaban J connectivity index is 2.08. The van der Waals surface area contributed by atoms with Crippen molar-refractivity contribution < 1.29 is 9.90 Å². The summed E-state index contributed by atoms with van der Waals surface area (Å²) in [7, 11) is 1.55. The molecule has 118 valence electrons. The van der Waals surface area contributed by atoms with Crippen molar-refractivity contribution in [2.24, 2.45) is 7.05 Å². The van der Waals surface area contributed by atoms with Gasteiger partial charge in [-0.2, -0.15) is 0 Å². The van der Waals surface area contributed by atoms with Crippen LogP contribution in [0.4, 0.5) is 0 Å². The number of rotatable bonds is 4. The first-order valence-electron chi connectivity index (χ1n) is 6.99. The number of aryl methyl sites for hydroxylation is 2. The zero-order valence-electron chi connectivity index (χ0n) is 12.4. The average Bonchev–Trinajstić information content (AvgIpc) is 3.00. The molecule has 0 aliphatic heterocycles. The number of fused-ring (bicyclic) bond motifs is 1. The number of hydrogen-bond acceptors (Lipinski definition) is 4. The van der Waals surface area contributed by atoms with E-state index in [0.29, 0.717) is 11.3 Å². The topological polar surface area (TPSA) is 81.3 Å². The lowest BCUT2D eigenvalue weighted by atomic mass is 10.1. The largest absolute Gasteiger partial charge is 0.477 e. The van der Waals surface area contributed by atoms with Crippen LogP contribution in [0.15, 0.2) is 46.0 Å². The summed E-state index contributed by atoms with van der Waals surface area (Å²) in [6, 6.07) is 10.9. The maximum atomic E-state index is 12.5. The van der Waals surface area contributed by atoms with Gasteiger partial charge in [-0.3, -0.25) is 13.9 Å². The van der Waals surface area contributed by atoms with E-state index in [1.807, 2.05) is 30.3 Å². The fraction of sp³-hybridized carbons (Fsp3) is 0.188. The molecule has 1 N–H and O–H groups in total. The molecule has 0 saturated carbocycles. The summed E-state index contributed by atoms with van der Waals surface area (Å²) in [5.41, 5.74) is 0.151. The summed E-state index contributed by atoms with van der Waals surface area (Å²) in [5.74, 6) is -1.10.